The van der Waals surface area contributed by atoms with Gasteiger partial charge in [-0.2, -0.15) is 0 Å². The third-order valence-electron chi connectivity index (χ3n) is 1.14. The van der Waals surface area contributed by atoms with Gasteiger partial charge in [0.2, 0.25) is 0 Å². The van der Waals surface area contributed by atoms with E-state index in [1.165, 1.54) is 0 Å². The van der Waals surface area contributed by atoms with Gasteiger partial charge in [0.15, 0.2) is 0 Å². The molecule has 1 heterocycles. The van der Waals surface area contributed by atoms with Crippen molar-refractivity contribution >= 4 is 22.9 Å². The summed E-state index contributed by atoms with van der Waals surface area (Å²) in [7, 11) is -14.2. The van der Waals surface area contributed by atoms with E-state index in [1.807, 2.05) is 0 Å². The van der Waals surface area contributed by atoms with E-state index in [9.17, 15) is 18.9 Å². The molecule has 0 spiro atoms. The molecule has 3 N–H and O–H groups in total. The third-order valence-corrected chi connectivity index (χ3v) is 6.89. The number of nitrogens with zero attached hydrogens (tertiary/aromatic N) is 1. The Morgan fingerprint density at radius 1 is 1.40 bits per heavy atom. The van der Waals surface area contributed by atoms with Crippen molar-refractivity contribution in [2.75, 3.05) is 13.0 Å². The van der Waals surface area contributed by atoms with Gasteiger partial charge in [0.25, 0.3) is 0 Å². The summed E-state index contributed by atoms with van der Waals surface area (Å²) in [4.78, 5) is 38.5. The van der Waals surface area contributed by atoms with Crippen LogP contribution in [0, 0.1) is 4.91 Å². The summed E-state index contributed by atoms with van der Waals surface area (Å²) in [6, 6.07) is 0. The van der Waals surface area contributed by atoms with Gasteiger partial charge in [-0.05, 0) is 0 Å². The number of hydrogen-bond acceptors (Lipinski definition) is 7. The minimum absolute atomic E-state index is 0.677. The predicted octanol–water partition coefficient (Wildman–Crippen LogP) is 0.895. The second-order valence-electron chi connectivity index (χ2n) is 2.79. The van der Waals surface area contributed by atoms with E-state index in [-0.39, 0.29) is 0 Å². The van der Waals surface area contributed by atoms with E-state index < -0.39 is 29.2 Å². The minimum atomic E-state index is -5.04. The number of nitroso groups, excluding NO2 is 1. The molecule has 1 unspecified atom stereocenters. The monoisotopic (exact) mass is 283 g/mol. The molecule has 90 valence electrons. The van der Waals surface area contributed by atoms with Gasteiger partial charge in [-0.3, -0.25) is 0 Å². The summed E-state index contributed by atoms with van der Waals surface area (Å²) in [6.45, 7) is 0.708. The van der Waals surface area contributed by atoms with Gasteiger partial charge in [0.05, 0.1) is 0 Å². The molecule has 1 fully saturated rings. The van der Waals surface area contributed by atoms with Crippen molar-refractivity contribution < 1.29 is 37.0 Å². The van der Waals surface area contributed by atoms with E-state index in [2.05, 4.69) is 13.1 Å². The molecular formula is C2H8NO9P3. The van der Waals surface area contributed by atoms with Gasteiger partial charge in [-0.25, -0.2) is 0 Å². The van der Waals surface area contributed by atoms with E-state index >= 15 is 0 Å². The summed E-state index contributed by atoms with van der Waals surface area (Å²) in [6.07, 6.45) is -0.677. The van der Waals surface area contributed by atoms with Crippen LogP contribution in [-0.2, 0) is 22.3 Å². The fourth-order valence-corrected chi connectivity index (χ4v) is 6.62. The molecule has 0 radical (unpaired) electrons. The van der Waals surface area contributed by atoms with Gasteiger partial charge >= 0.3 is 82.7 Å². The van der Waals surface area contributed by atoms with Gasteiger partial charge < -0.3 is 0 Å². The SMILES string of the molecule is C[P@](=O)(O)OP1(O)(OP(=O)(O)N=O)CO1. The van der Waals surface area contributed by atoms with E-state index in [4.69, 9.17) is 9.79 Å². The van der Waals surface area contributed by atoms with Gasteiger partial charge in [0, 0.05) is 0 Å². The normalized spacial score (nSPS) is 32.7. The van der Waals surface area contributed by atoms with Crippen LogP contribution in [-0.4, -0.2) is 27.7 Å². The zero-order valence-corrected chi connectivity index (χ0v) is 9.97. The molecule has 1 saturated heterocycles. The second-order valence-corrected chi connectivity index (χ2v) is 9.36. The van der Waals surface area contributed by atoms with Gasteiger partial charge in [-0.1, -0.05) is 0 Å². The van der Waals surface area contributed by atoms with Crippen LogP contribution in [0.2, 0.25) is 0 Å². The molecule has 10 nitrogen and oxygen atoms in total. The Kier molecular flexibility index (Phi) is 2.99. The fourth-order valence-electron chi connectivity index (χ4n) is 0.705. The Morgan fingerprint density at radius 3 is 2.13 bits per heavy atom. The molecule has 0 saturated carbocycles. The van der Waals surface area contributed by atoms with Crippen LogP contribution in [0.25, 0.3) is 0 Å². The van der Waals surface area contributed by atoms with E-state index in [1.54, 1.807) is 4.95 Å². The predicted molar refractivity (Wildman–Crippen MR) is 48.6 cm³/mol. The Balaban J connectivity index is 2.87. The van der Waals surface area contributed by atoms with Crippen molar-refractivity contribution in [1.29, 1.82) is 0 Å². The maximum absolute atomic E-state index is 10.8. The van der Waals surface area contributed by atoms with Crippen molar-refractivity contribution in [2.24, 2.45) is 4.95 Å². The Bertz CT molecular complexity index is 381. The summed E-state index contributed by atoms with van der Waals surface area (Å²) in [5.41, 5.74) is 0. The molecule has 0 aromatic heterocycles. The van der Waals surface area contributed by atoms with E-state index in [0.29, 0.717) is 6.66 Å². The summed E-state index contributed by atoms with van der Waals surface area (Å²) in [5.74, 6) is 0. The van der Waals surface area contributed by atoms with Gasteiger partial charge in [-0.15, -0.1) is 0 Å². The third kappa shape index (κ3) is 3.64. The van der Waals surface area contributed by atoms with Crippen LogP contribution in [0.4, 0.5) is 0 Å². The van der Waals surface area contributed by atoms with Crippen LogP contribution in [0.15, 0.2) is 4.95 Å². The standard InChI is InChI=1S/C2H8NO9P3/c1-13(5,6)11-15(9,2-10-15)12-14(7,8)3-4/h9H,2H2,1H3,(H,5,6)(H,7,8). The number of rotatable bonds is 5. The first-order chi connectivity index (χ1) is 6.48. The molecule has 1 aliphatic heterocycles. The van der Waals surface area contributed by atoms with Crippen LogP contribution in [0.5, 0.6) is 0 Å². The Hall–Kier alpha value is 0.250. The van der Waals surface area contributed by atoms with Crippen LogP contribution < -0.4 is 0 Å². The van der Waals surface area contributed by atoms with E-state index in [0.717, 1.165) is 0 Å². The van der Waals surface area contributed by atoms with Crippen molar-refractivity contribution in [3.8, 4) is 0 Å². The summed E-state index contributed by atoms with van der Waals surface area (Å²) in [5, 5.41) is 0. The molecule has 1 aliphatic rings. The first-order valence-corrected chi connectivity index (χ1v) is 9.00. The first kappa shape index (κ1) is 13.3. The molecule has 0 bridgehead atoms. The Morgan fingerprint density at radius 2 is 1.87 bits per heavy atom. The molecule has 15 heavy (non-hydrogen) atoms. The molecular weight excluding hydrogens is 275 g/mol. The van der Waals surface area contributed by atoms with Crippen molar-refractivity contribution in [2.45, 2.75) is 0 Å². The molecule has 13 heteroatoms. The molecule has 0 aliphatic carbocycles. The quantitative estimate of drug-likeness (QED) is 0.378. The zero-order valence-electron chi connectivity index (χ0n) is 7.29. The zero-order chi connectivity index (χ0) is 12.0. The van der Waals surface area contributed by atoms with Crippen molar-refractivity contribution in [3.63, 3.8) is 0 Å². The van der Waals surface area contributed by atoms with Crippen LogP contribution >= 0.6 is 22.9 Å². The van der Waals surface area contributed by atoms with Crippen LogP contribution in [0.1, 0.15) is 0 Å². The Labute approximate surface area is 83.5 Å². The molecule has 1 rings (SSSR count). The van der Waals surface area contributed by atoms with Crippen molar-refractivity contribution in [1.82, 2.24) is 0 Å². The molecule has 0 amide bonds. The second kappa shape index (κ2) is 3.37. The topological polar surface area (TPSA) is 155 Å². The summed E-state index contributed by atoms with van der Waals surface area (Å²) >= 11 is 0. The van der Waals surface area contributed by atoms with Gasteiger partial charge in [0.1, 0.15) is 0 Å². The van der Waals surface area contributed by atoms with Crippen molar-refractivity contribution in [3.05, 3.63) is 4.91 Å². The number of hydrogen-bond donors (Lipinski definition) is 3. The maximum atomic E-state index is 10.8. The molecule has 2 atom stereocenters. The molecule has 0 aromatic rings. The summed E-state index contributed by atoms with van der Waals surface area (Å²) < 4.78 is 34.0. The average molecular weight is 283 g/mol. The average Bonchev–Trinajstić information content (AvgIpc) is 2.58. The fraction of sp³-hybridized carbons (Fsp3) is 1.00. The molecule has 0 aromatic carbocycles. The first-order valence-electron chi connectivity index (χ1n) is 3.31. The van der Waals surface area contributed by atoms with Crippen LogP contribution in [0.3, 0.4) is 0 Å².